The first-order valence-electron chi connectivity index (χ1n) is 10.5. The lowest BCUT2D eigenvalue weighted by Gasteiger charge is -2.09. The minimum Gasteiger partial charge on any atom is -0.361 e. The largest absolute Gasteiger partial charge is 0.369 e. The Hall–Kier alpha value is -3.98. The maximum absolute atomic E-state index is 13.7. The summed E-state index contributed by atoms with van der Waals surface area (Å²) >= 11 is 1.46. The van der Waals surface area contributed by atoms with Crippen molar-refractivity contribution in [1.29, 1.82) is 0 Å². The molecular weight excluding hydrogens is 441 g/mol. The van der Waals surface area contributed by atoms with Crippen molar-refractivity contribution in [2.75, 3.05) is 0 Å². The number of thiazole rings is 1. The molecule has 0 unspecified atom stereocenters. The zero-order valence-corrected chi connectivity index (χ0v) is 18.4. The molecule has 0 radical (unpaired) electrons. The minimum atomic E-state index is -0.302. The molecule has 0 saturated heterocycles. The first-order valence-corrected chi connectivity index (χ1v) is 11.3. The zero-order chi connectivity index (χ0) is 22.7. The molecule has 164 valence electrons. The van der Waals surface area contributed by atoms with Crippen LogP contribution in [0.25, 0.3) is 37.2 Å². The topological polar surface area (TPSA) is 89.7 Å². The van der Waals surface area contributed by atoms with Crippen LogP contribution in [-0.2, 0) is 13.0 Å². The number of aromatic amines is 3. The fraction of sp³-hybridized carbons (Fsp3) is 0.125. The quantitative estimate of drug-likeness (QED) is 0.420. The van der Waals surface area contributed by atoms with Gasteiger partial charge in [0.2, 0.25) is 0 Å². The van der Waals surface area contributed by atoms with E-state index in [9.17, 15) is 14.0 Å². The van der Waals surface area contributed by atoms with Gasteiger partial charge in [-0.25, -0.2) is 19.3 Å². The Balaban J connectivity index is 1.41. The summed E-state index contributed by atoms with van der Waals surface area (Å²) < 4.78 is 17.8. The molecular formula is C24H19FN5O2S+. The highest BCUT2D eigenvalue weighted by molar-refractivity contribution is 7.20. The Bertz CT molecular complexity index is 1770. The number of H-pyrrole nitrogens is 3. The van der Waals surface area contributed by atoms with Crippen LogP contribution in [-0.4, -0.2) is 19.3 Å². The van der Waals surface area contributed by atoms with Crippen molar-refractivity contribution in [3.05, 3.63) is 92.5 Å². The highest BCUT2D eigenvalue weighted by Gasteiger charge is 2.22. The number of fused-ring (bicyclic) bond motifs is 3. The van der Waals surface area contributed by atoms with E-state index in [0.717, 1.165) is 26.7 Å². The van der Waals surface area contributed by atoms with Crippen molar-refractivity contribution in [2.24, 2.45) is 0 Å². The third kappa shape index (κ3) is 3.12. The number of nitrogens with zero attached hydrogens (tertiary/aromatic N) is 2. The Morgan fingerprint density at radius 1 is 1.09 bits per heavy atom. The van der Waals surface area contributed by atoms with Crippen molar-refractivity contribution in [1.82, 2.24) is 19.3 Å². The number of aromatic nitrogens is 5. The van der Waals surface area contributed by atoms with Crippen molar-refractivity contribution in [3.63, 3.8) is 0 Å². The lowest BCUT2D eigenvalue weighted by atomic mass is 10.1. The van der Waals surface area contributed by atoms with Crippen LogP contribution in [0.15, 0.2) is 64.3 Å². The molecule has 6 rings (SSSR count). The van der Waals surface area contributed by atoms with Gasteiger partial charge in [0.25, 0.3) is 5.56 Å². The highest BCUT2D eigenvalue weighted by Crippen LogP contribution is 2.22. The second kappa shape index (κ2) is 7.28. The van der Waals surface area contributed by atoms with Crippen LogP contribution in [0.3, 0.4) is 0 Å². The third-order valence-corrected chi connectivity index (χ3v) is 7.15. The van der Waals surface area contributed by atoms with Gasteiger partial charge in [-0.15, -0.1) is 0 Å². The number of halogens is 1. The number of benzene rings is 2. The number of rotatable bonds is 4. The predicted molar refractivity (Wildman–Crippen MR) is 127 cm³/mol. The molecule has 3 N–H and O–H groups in total. The number of para-hydroxylation sites is 1. The first-order chi connectivity index (χ1) is 16.0. The van der Waals surface area contributed by atoms with E-state index in [2.05, 4.69) is 15.1 Å². The van der Waals surface area contributed by atoms with Gasteiger partial charge in [-0.3, -0.25) is 4.79 Å². The van der Waals surface area contributed by atoms with Crippen LogP contribution in [0.2, 0.25) is 0 Å². The fourth-order valence-corrected chi connectivity index (χ4v) is 5.39. The molecule has 0 fully saturated rings. The van der Waals surface area contributed by atoms with E-state index in [-0.39, 0.29) is 16.9 Å². The molecule has 2 aromatic carbocycles. The summed E-state index contributed by atoms with van der Waals surface area (Å²) in [5.41, 5.74) is 3.40. The average Bonchev–Trinajstić information content (AvgIpc) is 3.48. The van der Waals surface area contributed by atoms with Gasteiger partial charge < -0.3 is 9.55 Å². The van der Waals surface area contributed by atoms with Crippen LogP contribution in [0, 0.1) is 12.7 Å². The molecule has 4 heterocycles. The lowest BCUT2D eigenvalue weighted by molar-refractivity contribution is -0.334. The van der Waals surface area contributed by atoms with Gasteiger partial charge in [-0.1, -0.05) is 16.8 Å². The maximum Gasteiger partial charge on any atom is 0.369 e. The number of nitrogens with one attached hydrogen (secondary N) is 3. The van der Waals surface area contributed by atoms with E-state index in [0.29, 0.717) is 34.7 Å². The Morgan fingerprint density at radius 3 is 2.79 bits per heavy atom. The predicted octanol–water partition coefficient (Wildman–Crippen LogP) is 3.68. The first kappa shape index (κ1) is 19.7. The highest BCUT2D eigenvalue weighted by atomic mass is 32.1. The van der Waals surface area contributed by atoms with Crippen LogP contribution in [0.5, 0.6) is 0 Å². The second-order valence-electron chi connectivity index (χ2n) is 8.04. The minimum absolute atomic E-state index is 0.195. The fourth-order valence-electron chi connectivity index (χ4n) is 4.43. The van der Waals surface area contributed by atoms with Crippen molar-refractivity contribution in [3.8, 4) is 5.13 Å². The van der Waals surface area contributed by atoms with E-state index < -0.39 is 0 Å². The van der Waals surface area contributed by atoms with Gasteiger partial charge in [0.15, 0.2) is 0 Å². The van der Waals surface area contributed by atoms with E-state index in [1.54, 1.807) is 17.6 Å². The van der Waals surface area contributed by atoms with Crippen LogP contribution < -0.4 is 16.1 Å². The normalized spacial score (nSPS) is 11.8. The van der Waals surface area contributed by atoms with E-state index >= 15 is 0 Å². The van der Waals surface area contributed by atoms with E-state index in [1.165, 1.54) is 34.2 Å². The molecule has 0 bridgehead atoms. The van der Waals surface area contributed by atoms with Gasteiger partial charge >= 0.3 is 10.7 Å². The Labute approximate surface area is 189 Å². The summed E-state index contributed by atoms with van der Waals surface area (Å²) in [5, 5.41) is 5.00. The van der Waals surface area contributed by atoms with Crippen molar-refractivity contribution >= 4 is 43.4 Å². The molecule has 4 aromatic heterocycles. The maximum atomic E-state index is 13.7. The molecule has 6 aromatic rings. The number of hydrogen-bond donors (Lipinski definition) is 2. The van der Waals surface area contributed by atoms with Gasteiger partial charge in [-0.05, 0) is 60.6 Å². The molecule has 33 heavy (non-hydrogen) atoms. The smallest absolute Gasteiger partial charge is 0.361 e. The second-order valence-corrected chi connectivity index (χ2v) is 9.07. The molecule has 9 heteroatoms. The molecule has 0 aliphatic carbocycles. The Kier molecular flexibility index (Phi) is 4.34. The van der Waals surface area contributed by atoms with Gasteiger partial charge in [-0.2, -0.15) is 0 Å². The molecule has 7 nitrogen and oxygen atoms in total. The third-order valence-electron chi connectivity index (χ3n) is 6.09. The zero-order valence-electron chi connectivity index (χ0n) is 17.6. The summed E-state index contributed by atoms with van der Waals surface area (Å²) in [4.78, 5) is 32.6. The summed E-state index contributed by atoms with van der Waals surface area (Å²) in [6.07, 6.45) is 2.36. The number of aryl methyl sites for hydroxylation is 2. The van der Waals surface area contributed by atoms with Gasteiger partial charge in [0, 0.05) is 35.4 Å². The number of hydrogen-bond acceptors (Lipinski definition) is 3. The van der Waals surface area contributed by atoms with E-state index in [1.807, 2.05) is 30.5 Å². The summed E-state index contributed by atoms with van der Waals surface area (Å²) in [5.74, 6) is -0.302. The summed E-state index contributed by atoms with van der Waals surface area (Å²) in [7, 11) is 0. The number of pyridine rings is 1. The average molecular weight is 461 g/mol. The van der Waals surface area contributed by atoms with Crippen molar-refractivity contribution in [2.45, 2.75) is 19.9 Å². The molecule has 0 saturated carbocycles. The Morgan fingerprint density at radius 2 is 1.94 bits per heavy atom. The molecule has 0 atom stereocenters. The lowest BCUT2D eigenvalue weighted by Crippen LogP contribution is -2.24. The van der Waals surface area contributed by atoms with Gasteiger partial charge in [0.1, 0.15) is 16.7 Å². The SMILES string of the molecule is Cc1c2c(=O)n(-c3[nH+]c4ccccc4s3)[nH]c2cc(=O)n1CCc1c[nH]c2ccc(F)cc12. The monoisotopic (exact) mass is 460 g/mol. The molecule has 0 amide bonds. The van der Waals surface area contributed by atoms with Crippen molar-refractivity contribution < 1.29 is 9.37 Å². The van der Waals surface area contributed by atoms with Gasteiger partial charge in [0.05, 0.1) is 10.2 Å². The van der Waals surface area contributed by atoms with Crippen LogP contribution in [0.1, 0.15) is 11.3 Å². The molecule has 0 aliphatic rings. The van der Waals surface area contributed by atoms with Crippen LogP contribution >= 0.6 is 11.3 Å². The van der Waals surface area contributed by atoms with Crippen LogP contribution in [0.4, 0.5) is 4.39 Å². The molecule has 0 aliphatic heterocycles. The summed E-state index contributed by atoms with van der Waals surface area (Å²) in [6, 6.07) is 13.9. The van der Waals surface area contributed by atoms with E-state index in [4.69, 9.17) is 0 Å². The molecule has 0 spiro atoms. The standard InChI is InChI=1S/C24H18FN5O2S/c1-13-22-19(28-30(23(22)32)24-27-18-4-2-3-5-20(18)33-24)11-21(31)29(13)9-8-14-12-26-17-7-6-15(25)10-16(14)17/h2-7,10-12,26,28H,8-9H2,1H3/p+1. The summed E-state index contributed by atoms with van der Waals surface area (Å²) in [6.45, 7) is 2.16.